The van der Waals surface area contributed by atoms with E-state index in [2.05, 4.69) is 52.9 Å². The Bertz CT molecular complexity index is 1040. The number of ether oxygens (including phenoxy) is 1. The van der Waals surface area contributed by atoms with Gasteiger partial charge in [-0.15, -0.1) is 35.9 Å². The van der Waals surface area contributed by atoms with Gasteiger partial charge in [0.05, 0.1) is 18.6 Å². The zero-order chi connectivity index (χ0) is 18.6. The standard InChI is InChI=1S/C24H21N2O.Ir/c1-3-20-21(18-10-6-4-7-11-18)14-15-22(27-2)23(20)26-17-16-25-24(26)19-12-8-5-9-13-19;/h4-12,14-17H,3H2,1-2H3;/q-1;. The first-order valence-electron chi connectivity index (χ1n) is 9.09. The molecule has 0 N–H and O–H groups in total. The molecule has 0 aliphatic rings. The predicted molar refractivity (Wildman–Crippen MR) is 109 cm³/mol. The van der Waals surface area contributed by atoms with Crippen molar-refractivity contribution in [1.29, 1.82) is 0 Å². The molecule has 1 radical (unpaired) electrons. The fraction of sp³-hybridized carbons (Fsp3) is 0.125. The van der Waals surface area contributed by atoms with Gasteiger partial charge in [0.15, 0.2) is 0 Å². The van der Waals surface area contributed by atoms with Gasteiger partial charge in [-0.2, -0.15) is 0 Å². The van der Waals surface area contributed by atoms with E-state index in [1.807, 2.05) is 48.8 Å². The Kier molecular flexibility index (Phi) is 6.45. The normalized spacial score (nSPS) is 10.4. The fourth-order valence-electron chi connectivity index (χ4n) is 3.51. The maximum atomic E-state index is 5.73. The van der Waals surface area contributed by atoms with Crippen LogP contribution < -0.4 is 4.74 Å². The van der Waals surface area contributed by atoms with Crippen molar-refractivity contribution in [2.75, 3.05) is 7.11 Å². The average molecular weight is 546 g/mol. The molecular formula is C24H21IrN2O-. The summed E-state index contributed by atoms with van der Waals surface area (Å²) < 4.78 is 7.84. The Labute approximate surface area is 179 Å². The number of imidazole rings is 1. The molecule has 0 saturated carbocycles. The second-order valence-electron chi connectivity index (χ2n) is 6.26. The Morgan fingerprint density at radius 2 is 1.79 bits per heavy atom. The summed E-state index contributed by atoms with van der Waals surface area (Å²) in [5, 5.41) is 0. The molecule has 0 spiro atoms. The molecule has 3 aromatic carbocycles. The topological polar surface area (TPSA) is 27.1 Å². The predicted octanol–water partition coefficient (Wildman–Crippen LogP) is 5.57. The van der Waals surface area contributed by atoms with Crippen molar-refractivity contribution in [3.05, 3.63) is 90.8 Å². The van der Waals surface area contributed by atoms with Crippen LogP contribution >= 0.6 is 0 Å². The first-order valence-corrected chi connectivity index (χ1v) is 9.09. The maximum absolute atomic E-state index is 5.73. The monoisotopic (exact) mass is 546 g/mol. The molecule has 4 heteroatoms. The van der Waals surface area contributed by atoms with E-state index in [0.717, 1.165) is 29.2 Å². The van der Waals surface area contributed by atoms with Gasteiger partial charge in [-0.25, -0.2) is 0 Å². The summed E-state index contributed by atoms with van der Waals surface area (Å²) >= 11 is 0. The smallest absolute Gasteiger partial charge is 0.142 e. The number of benzene rings is 3. The average Bonchev–Trinajstić information content (AvgIpc) is 3.23. The molecule has 0 aliphatic heterocycles. The third-order valence-electron chi connectivity index (χ3n) is 4.74. The Balaban J connectivity index is 0.00000225. The molecule has 143 valence electrons. The molecule has 4 rings (SSSR count). The van der Waals surface area contributed by atoms with Gasteiger partial charge in [-0.3, -0.25) is 4.98 Å². The van der Waals surface area contributed by atoms with Crippen LogP contribution in [0.2, 0.25) is 0 Å². The van der Waals surface area contributed by atoms with Crippen molar-refractivity contribution in [1.82, 2.24) is 9.55 Å². The molecule has 1 heterocycles. The minimum Gasteiger partial charge on any atom is -0.495 e. The van der Waals surface area contributed by atoms with Gasteiger partial charge < -0.3 is 9.30 Å². The molecule has 0 unspecified atom stereocenters. The summed E-state index contributed by atoms with van der Waals surface area (Å²) in [6, 6.07) is 25.8. The minimum atomic E-state index is 0. The molecule has 0 saturated heterocycles. The van der Waals surface area contributed by atoms with Gasteiger partial charge in [-0.1, -0.05) is 43.3 Å². The van der Waals surface area contributed by atoms with Crippen molar-refractivity contribution in [3.63, 3.8) is 0 Å². The fourth-order valence-corrected chi connectivity index (χ4v) is 3.51. The first kappa shape index (κ1) is 20.1. The van der Waals surface area contributed by atoms with Crippen LogP contribution in [-0.4, -0.2) is 16.7 Å². The number of rotatable bonds is 5. The molecule has 0 aliphatic carbocycles. The summed E-state index contributed by atoms with van der Waals surface area (Å²) in [6.07, 6.45) is 4.69. The summed E-state index contributed by atoms with van der Waals surface area (Å²) in [7, 11) is 1.71. The molecule has 28 heavy (non-hydrogen) atoms. The van der Waals surface area contributed by atoms with Crippen molar-refractivity contribution >= 4 is 0 Å². The van der Waals surface area contributed by atoms with Crippen LogP contribution in [0, 0.1) is 6.07 Å². The maximum Gasteiger partial charge on any atom is 0.142 e. The van der Waals surface area contributed by atoms with E-state index in [4.69, 9.17) is 4.74 Å². The zero-order valence-corrected chi connectivity index (χ0v) is 18.2. The number of aromatic nitrogens is 2. The van der Waals surface area contributed by atoms with Crippen LogP contribution in [-0.2, 0) is 26.5 Å². The second-order valence-corrected chi connectivity index (χ2v) is 6.26. The van der Waals surface area contributed by atoms with Crippen LogP contribution in [0.3, 0.4) is 0 Å². The van der Waals surface area contributed by atoms with Crippen LogP contribution in [0.1, 0.15) is 12.5 Å². The number of nitrogens with zero attached hydrogens (tertiary/aromatic N) is 2. The molecule has 1 aromatic heterocycles. The largest absolute Gasteiger partial charge is 0.495 e. The van der Waals surface area contributed by atoms with Crippen LogP contribution in [0.5, 0.6) is 5.75 Å². The Morgan fingerprint density at radius 1 is 1.00 bits per heavy atom. The van der Waals surface area contributed by atoms with Gasteiger partial charge in [0.25, 0.3) is 0 Å². The van der Waals surface area contributed by atoms with E-state index in [1.165, 1.54) is 16.7 Å². The SMILES string of the molecule is CCc1c(-c2ccccc2)ccc(OC)c1-n1ccnc1-c1[c-]cccc1.[Ir]. The number of methoxy groups -OCH3 is 1. The summed E-state index contributed by atoms with van der Waals surface area (Å²) in [4.78, 5) is 4.59. The number of hydrogen-bond donors (Lipinski definition) is 0. The van der Waals surface area contributed by atoms with E-state index in [1.54, 1.807) is 7.11 Å². The summed E-state index contributed by atoms with van der Waals surface area (Å²) in [5.41, 5.74) is 5.63. The van der Waals surface area contributed by atoms with Crippen LogP contribution in [0.25, 0.3) is 28.2 Å². The van der Waals surface area contributed by atoms with Gasteiger partial charge in [0.2, 0.25) is 0 Å². The number of hydrogen-bond acceptors (Lipinski definition) is 2. The van der Waals surface area contributed by atoms with Crippen molar-refractivity contribution < 1.29 is 24.8 Å². The van der Waals surface area contributed by atoms with Crippen molar-refractivity contribution in [2.45, 2.75) is 13.3 Å². The van der Waals surface area contributed by atoms with E-state index in [9.17, 15) is 0 Å². The Hall–Kier alpha value is -2.68. The van der Waals surface area contributed by atoms with Gasteiger partial charge >= 0.3 is 0 Å². The van der Waals surface area contributed by atoms with Gasteiger partial charge in [0, 0.05) is 32.5 Å². The third-order valence-corrected chi connectivity index (χ3v) is 4.74. The summed E-state index contributed by atoms with van der Waals surface area (Å²) in [6.45, 7) is 2.18. The van der Waals surface area contributed by atoms with Crippen molar-refractivity contribution in [3.8, 4) is 34.0 Å². The molecule has 0 bridgehead atoms. The quantitative estimate of drug-likeness (QED) is 0.307. The van der Waals surface area contributed by atoms with Crippen molar-refractivity contribution in [2.24, 2.45) is 0 Å². The van der Waals surface area contributed by atoms with E-state index in [0.29, 0.717) is 0 Å². The Morgan fingerprint density at radius 3 is 2.46 bits per heavy atom. The molecular weight excluding hydrogens is 524 g/mol. The summed E-state index contributed by atoms with van der Waals surface area (Å²) in [5.74, 6) is 1.69. The molecule has 3 nitrogen and oxygen atoms in total. The van der Waals surface area contributed by atoms with Gasteiger partial charge in [-0.05, 0) is 29.2 Å². The van der Waals surface area contributed by atoms with Gasteiger partial charge in [0.1, 0.15) is 5.75 Å². The first-order chi connectivity index (χ1) is 13.3. The second kappa shape index (κ2) is 9.01. The van der Waals surface area contributed by atoms with E-state index < -0.39 is 0 Å². The molecule has 0 atom stereocenters. The molecule has 0 fully saturated rings. The zero-order valence-electron chi connectivity index (χ0n) is 15.8. The third kappa shape index (κ3) is 3.66. The van der Waals surface area contributed by atoms with E-state index >= 15 is 0 Å². The van der Waals surface area contributed by atoms with Crippen LogP contribution in [0.4, 0.5) is 0 Å². The minimum absolute atomic E-state index is 0. The van der Waals surface area contributed by atoms with Crippen LogP contribution in [0.15, 0.2) is 79.1 Å². The molecule has 0 amide bonds. The van der Waals surface area contributed by atoms with E-state index in [-0.39, 0.29) is 20.1 Å². The molecule has 4 aromatic rings.